The number of H-pyrrole nitrogens is 1. The number of likely N-dealkylation sites (tertiary alicyclic amines) is 1. The van der Waals surface area contributed by atoms with Crippen molar-refractivity contribution in [1.29, 1.82) is 0 Å². The summed E-state index contributed by atoms with van der Waals surface area (Å²) in [4.78, 5) is 41.5. The van der Waals surface area contributed by atoms with Gasteiger partial charge in [-0.25, -0.2) is 4.39 Å². The van der Waals surface area contributed by atoms with Gasteiger partial charge in [-0.05, 0) is 48.2 Å². The predicted molar refractivity (Wildman–Crippen MR) is 145 cm³/mol. The fourth-order valence-electron chi connectivity index (χ4n) is 4.62. The topological polar surface area (TPSA) is 104 Å². The van der Waals surface area contributed by atoms with Gasteiger partial charge in [-0.1, -0.05) is 19.1 Å². The second kappa shape index (κ2) is 12.5. The maximum atomic E-state index is 15.0. The van der Waals surface area contributed by atoms with Gasteiger partial charge in [0.05, 0.1) is 18.6 Å². The Bertz CT molecular complexity index is 1480. The van der Waals surface area contributed by atoms with Crippen molar-refractivity contribution in [1.82, 2.24) is 15.2 Å². The Morgan fingerprint density at radius 1 is 1.12 bits per heavy atom. The lowest BCUT2D eigenvalue weighted by Crippen LogP contribution is -2.48. The number of carbonyl (C=O) groups is 2. The molecule has 0 spiro atoms. The molecule has 3 N–H and O–H groups in total. The molecule has 2 aromatic carbocycles. The van der Waals surface area contributed by atoms with Gasteiger partial charge in [-0.2, -0.15) is 13.2 Å². The van der Waals surface area contributed by atoms with E-state index in [1.807, 2.05) is 0 Å². The van der Waals surface area contributed by atoms with Crippen LogP contribution < -0.4 is 20.9 Å². The first kappa shape index (κ1) is 29.8. The molecule has 0 bridgehead atoms. The number of aromatic amines is 1. The zero-order valence-corrected chi connectivity index (χ0v) is 22.5. The molecule has 0 unspecified atom stereocenters. The molecule has 3 aromatic rings. The van der Waals surface area contributed by atoms with Crippen LogP contribution in [-0.2, 0) is 17.4 Å². The van der Waals surface area contributed by atoms with Gasteiger partial charge in [0, 0.05) is 55.3 Å². The van der Waals surface area contributed by atoms with Crippen LogP contribution >= 0.6 is 0 Å². The number of hydrogen-bond donors (Lipinski definition) is 3. The highest BCUT2D eigenvalue weighted by atomic mass is 19.4. The van der Waals surface area contributed by atoms with Crippen LogP contribution in [0.25, 0.3) is 11.1 Å². The van der Waals surface area contributed by atoms with Crippen molar-refractivity contribution < 1.29 is 31.9 Å². The second-order valence-electron chi connectivity index (χ2n) is 9.96. The molecule has 1 aliphatic rings. The number of aromatic nitrogens is 1. The number of amides is 2. The van der Waals surface area contributed by atoms with E-state index in [2.05, 4.69) is 27.4 Å². The molecule has 2 heterocycles. The Kier molecular flexibility index (Phi) is 9.11. The summed E-state index contributed by atoms with van der Waals surface area (Å²) in [5, 5.41) is 4.96. The highest BCUT2D eigenvalue weighted by Crippen LogP contribution is 2.33. The third kappa shape index (κ3) is 7.72. The number of hydrogen-bond acceptors (Lipinski definition) is 5. The molecule has 0 radical (unpaired) electrons. The van der Waals surface area contributed by atoms with Gasteiger partial charge in [-0.15, -0.1) is 0 Å². The van der Waals surface area contributed by atoms with Crippen molar-refractivity contribution >= 4 is 17.5 Å². The number of nitrogens with one attached hydrogen (secondary N) is 3. The highest BCUT2D eigenvalue weighted by molar-refractivity contribution is 5.98. The molecule has 0 atom stereocenters. The van der Waals surface area contributed by atoms with Gasteiger partial charge in [0.15, 0.2) is 0 Å². The SMILES string of the molecule is CCOc1cc(=O)[nH]cc1-c1ccc(CC(=O)Nc2cc(C(=O)NCCN3CC(C)C3)cc(C(F)(F)F)c2)c(F)c1. The van der Waals surface area contributed by atoms with Crippen LogP contribution in [0.1, 0.15) is 35.3 Å². The fraction of sp³-hybridized carbons (Fsp3) is 0.345. The van der Waals surface area contributed by atoms with E-state index in [-0.39, 0.29) is 41.3 Å². The van der Waals surface area contributed by atoms with E-state index in [1.54, 1.807) is 6.92 Å². The summed E-state index contributed by atoms with van der Waals surface area (Å²) in [6.45, 7) is 6.78. The predicted octanol–water partition coefficient (Wildman–Crippen LogP) is 4.46. The summed E-state index contributed by atoms with van der Waals surface area (Å²) < 4.78 is 61.0. The minimum atomic E-state index is -4.76. The summed E-state index contributed by atoms with van der Waals surface area (Å²) in [7, 11) is 0. The van der Waals surface area contributed by atoms with Crippen LogP contribution in [0.5, 0.6) is 5.75 Å². The average molecular weight is 575 g/mol. The number of anilines is 1. The number of rotatable bonds is 10. The zero-order valence-electron chi connectivity index (χ0n) is 22.5. The molecule has 218 valence electrons. The third-order valence-electron chi connectivity index (χ3n) is 6.56. The number of benzene rings is 2. The molecule has 4 rings (SSSR count). The summed E-state index contributed by atoms with van der Waals surface area (Å²) in [5.41, 5.74) is -1.15. The van der Waals surface area contributed by atoms with Crippen molar-refractivity contribution in [3.05, 3.63) is 81.5 Å². The molecule has 0 saturated carbocycles. The molecule has 1 saturated heterocycles. The minimum absolute atomic E-state index is 0.00103. The molecule has 0 aliphatic carbocycles. The normalized spacial score (nSPS) is 13.9. The molecule has 2 amide bonds. The Balaban J connectivity index is 1.46. The lowest BCUT2D eigenvalue weighted by molar-refractivity contribution is -0.137. The second-order valence-corrected chi connectivity index (χ2v) is 9.96. The smallest absolute Gasteiger partial charge is 0.416 e. The Hall–Kier alpha value is -4.19. The monoisotopic (exact) mass is 574 g/mol. The van der Waals surface area contributed by atoms with Gasteiger partial charge in [0.25, 0.3) is 11.5 Å². The summed E-state index contributed by atoms with van der Waals surface area (Å²) >= 11 is 0. The number of halogens is 4. The molecule has 41 heavy (non-hydrogen) atoms. The van der Waals surface area contributed by atoms with Crippen LogP contribution in [0.4, 0.5) is 23.2 Å². The van der Waals surface area contributed by atoms with E-state index in [0.29, 0.717) is 23.6 Å². The number of nitrogens with zero attached hydrogens (tertiary/aromatic N) is 1. The van der Waals surface area contributed by atoms with Gasteiger partial charge >= 0.3 is 6.18 Å². The summed E-state index contributed by atoms with van der Waals surface area (Å²) in [6, 6.07) is 7.92. The number of carbonyl (C=O) groups excluding carboxylic acids is 2. The van der Waals surface area contributed by atoms with E-state index >= 15 is 0 Å². The van der Waals surface area contributed by atoms with Crippen molar-refractivity contribution in [2.75, 3.05) is 38.1 Å². The van der Waals surface area contributed by atoms with Crippen LogP contribution in [0.15, 0.2) is 53.5 Å². The van der Waals surface area contributed by atoms with Gasteiger partial charge in [0.1, 0.15) is 11.6 Å². The molecule has 1 fully saturated rings. The van der Waals surface area contributed by atoms with Crippen molar-refractivity contribution in [3.63, 3.8) is 0 Å². The number of ether oxygens (including phenoxy) is 1. The standard InChI is InChI=1S/C29H30F4N4O4/c1-3-41-25-13-26(38)35-14-23(25)18-4-5-19(24(30)10-18)11-27(39)36-22-9-20(8-21(12-22)29(31,32)33)28(40)34-6-7-37-15-17(2)16-37/h4-5,8-10,12-14,17H,3,6-7,11,15-16H2,1-2H3,(H,34,40)(H,35,38)(H,36,39). The third-order valence-corrected chi connectivity index (χ3v) is 6.56. The van der Waals surface area contributed by atoms with Crippen LogP contribution in [0, 0.1) is 11.7 Å². The average Bonchev–Trinajstić information content (AvgIpc) is 2.88. The summed E-state index contributed by atoms with van der Waals surface area (Å²) in [6.07, 6.45) is -3.84. The largest absolute Gasteiger partial charge is 0.493 e. The highest BCUT2D eigenvalue weighted by Gasteiger charge is 2.32. The first-order valence-electron chi connectivity index (χ1n) is 13.1. The lowest BCUT2D eigenvalue weighted by Gasteiger charge is -2.37. The van der Waals surface area contributed by atoms with E-state index in [1.165, 1.54) is 30.5 Å². The van der Waals surface area contributed by atoms with Crippen molar-refractivity contribution in [3.8, 4) is 16.9 Å². The minimum Gasteiger partial charge on any atom is -0.493 e. The first-order valence-corrected chi connectivity index (χ1v) is 13.1. The number of alkyl halides is 3. The van der Waals surface area contributed by atoms with Gasteiger partial charge in [-0.3, -0.25) is 14.4 Å². The first-order chi connectivity index (χ1) is 19.4. The maximum absolute atomic E-state index is 15.0. The molecule has 1 aromatic heterocycles. The lowest BCUT2D eigenvalue weighted by atomic mass is 10.0. The van der Waals surface area contributed by atoms with Crippen molar-refractivity contribution in [2.45, 2.75) is 26.4 Å². The Morgan fingerprint density at radius 2 is 1.88 bits per heavy atom. The van der Waals surface area contributed by atoms with E-state index in [9.17, 15) is 31.9 Å². The van der Waals surface area contributed by atoms with Gasteiger partial charge in [0.2, 0.25) is 5.91 Å². The van der Waals surface area contributed by atoms with Crippen LogP contribution in [-0.4, -0.2) is 54.5 Å². The maximum Gasteiger partial charge on any atom is 0.416 e. The quantitative estimate of drug-likeness (QED) is 0.311. The van der Waals surface area contributed by atoms with Crippen molar-refractivity contribution in [2.24, 2.45) is 5.92 Å². The summed E-state index contributed by atoms with van der Waals surface area (Å²) in [5.74, 6) is -1.35. The molecule has 1 aliphatic heterocycles. The number of pyridine rings is 1. The molecule has 12 heteroatoms. The van der Waals surface area contributed by atoms with E-state index < -0.39 is 35.8 Å². The van der Waals surface area contributed by atoms with E-state index in [0.717, 1.165) is 31.3 Å². The Labute approximate surface area is 233 Å². The van der Waals surface area contributed by atoms with Gasteiger partial charge < -0.3 is 25.3 Å². The van der Waals surface area contributed by atoms with Crippen LogP contribution in [0.2, 0.25) is 0 Å². The molecular formula is C29H30F4N4O4. The molecule has 8 nitrogen and oxygen atoms in total. The zero-order chi connectivity index (χ0) is 29.7. The fourth-order valence-corrected chi connectivity index (χ4v) is 4.62. The Morgan fingerprint density at radius 3 is 2.54 bits per heavy atom. The van der Waals surface area contributed by atoms with Crippen LogP contribution in [0.3, 0.4) is 0 Å². The van der Waals surface area contributed by atoms with E-state index in [4.69, 9.17) is 4.74 Å². The molecular weight excluding hydrogens is 544 g/mol.